The number of carbonyl (C=O) groups excluding carboxylic acids is 1. The molecule has 4 nitrogen and oxygen atoms in total. The molecule has 0 bridgehead atoms. The highest BCUT2D eigenvalue weighted by Crippen LogP contribution is 2.33. The van der Waals surface area contributed by atoms with Gasteiger partial charge in [-0.15, -0.1) is 0 Å². The van der Waals surface area contributed by atoms with Crippen LogP contribution in [0.25, 0.3) is 22.2 Å². The van der Waals surface area contributed by atoms with E-state index >= 15 is 0 Å². The molecule has 0 aliphatic heterocycles. The van der Waals surface area contributed by atoms with Crippen LogP contribution < -0.4 is 0 Å². The second-order valence-electron chi connectivity index (χ2n) is 5.63. The lowest BCUT2D eigenvalue weighted by molar-refractivity contribution is 0.0524. The highest BCUT2D eigenvalue weighted by atomic mass is 16.5. The van der Waals surface area contributed by atoms with E-state index in [1.54, 1.807) is 0 Å². The van der Waals surface area contributed by atoms with Gasteiger partial charge in [-0.25, -0.2) is 9.78 Å². The van der Waals surface area contributed by atoms with Gasteiger partial charge in [-0.1, -0.05) is 30.3 Å². The van der Waals surface area contributed by atoms with Gasteiger partial charge in [0.25, 0.3) is 0 Å². The maximum Gasteiger partial charge on any atom is 0.340 e. The number of nitrogens with one attached hydrogen (secondary N) is 1. The average Bonchev–Trinajstić information content (AvgIpc) is 2.85. The Morgan fingerprint density at radius 2 is 1.87 bits per heavy atom. The van der Waals surface area contributed by atoms with Crippen molar-refractivity contribution in [1.82, 2.24) is 9.97 Å². The molecular weight excluding hydrogens is 288 g/mol. The minimum Gasteiger partial charge on any atom is -0.462 e. The van der Waals surface area contributed by atoms with Crippen LogP contribution in [0.2, 0.25) is 0 Å². The molecule has 23 heavy (non-hydrogen) atoms. The van der Waals surface area contributed by atoms with Gasteiger partial charge >= 0.3 is 5.97 Å². The Labute approximate surface area is 135 Å². The molecule has 0 saturated carbocycles. The van der Waals surface area contributed by atoms with Crippen LogP contribution in [0.5, 0.6) is 0 Å². The molecule has 3 rings (SSSR count). The third kappa shape index (κ3) is 2.50. The molecule has 0 saturated heterocycles. The number of rotatable bonds is 3. The number of nitrogens with zero attached hydrogens (tertiary/aromatic N) is 1. The number of hydrogen-bond donors (Lipinski definition) is 1. The van der Waals surface area contributed by atoms with E-state index in [4.69, 9.17) is 9.72 Å². The fourth-order valence-electron chi connectivity index (χ4n) is 3.12. The number of aromatic amines is 1. The lowest BCUT2D eigenvalue weighted by Gasteiger charge is -2.10. The van der Waals surface area contributed by atoms with Gasteiger partial charge in [0.05, 0.1) is 29.1 Å². The van der Waals surface area contributed by atoms with Gasteiger partial charge < -0.3 is 9.72 Å². The Kier molecular flexibility index (Phi) is 3.90. The molecule has 1 N–H and O–H groups in total. The number of esters is 1. The molecule has 2 aromatic heterocycles. The number of carbonyl (C=O) groups is 1. The largest absolute Gasteiger partial charge is 0.462 e. The summed E-state index contributed by atoms with van der Waals surface area (Å²) in [5, 5.41) is 0.998. The first-order valence-electron chi connectivity index (χ1n) is 7.76. The zero-order valence-corrected chi connectivity index (χ0v) is 13.9. The molecule has 0 fully saturated rings. The first-order chi connectivity index (χ1) is 11.0. The summed E-state index contributed by atoms with van der Waals surface area (Å²) >= 11 is 0. The van der Waals surface area contributed by atoms with Crippen LogP contribution in [-0.4, -0.2) is 22.5 Å². The number of aromatic nitrogens is 2. The van der Waals surface area contributed by atoms with Crippen LogP contribution in [0.15, 0.2) is 30.3 Å². The van der Waals surface area contributed by atoms with Crippen LogP contribution in [0.3, 0.4) is 0 Å². The Morgan fingerprint density at radius 1 is 1.17 bits per heavy atom. The first-order valence-corrected chi connectivity index (χ1v) is 7.76. The summed E-state index contributed by atoms with van der Waals surface area (Å²) in [5.74, 6) is -0.307. The molecule has 0 amide bonds. The van der Waals surface area contributed by atoms with Crippen molar-refractivity contribution in [2.75, 3.05) is 6.61 Å². The van der Waals surface area contributed by atoms with E-state index in [0.29, 0.717) is 17.9 Å². The molecule has 118 valence electrons. The second kappa shape index (κ2) is 5.88. The van der Waals surface area contributed by atoms with Crippen LogP contribution in [-0.2, 0) is 4.74 Å². The fraction of sp³-hybridized carbons (Fsp3) is 0.263. The molecule has 2 heterocycles. The Morgan fingerprint density at radius 3 is 2.52 bits per heavy atom. The van der Waals surface area contributed by atoms with Crippen molar-refractivity contribution in [2.45, 2.75) is 27.7 Å². The van der Waals surface area contributed by atoms with E-state index in [9.17, 15) is 4.79 Å². The zero-order chi connectivity index (χ0) is 16.6. The van der Waals surface area contributed by atoms with E-state index < -0.39 is 0 Å². The Balaban J connectivity index is 2.29. The van der Waals surface area contributed by atoms with E-state index in [1.807, 2.05) is 45.9 Å². The number of hydrogen-bond acceptors (Lipinski definition) is 3. The maximum absolute atomic E-state index is 12.2. The molecule has 4 heteroatoms. The quantitative estimate of drug-likeness (QED) is 0.733. The molecule has 0 aliphatic rings. The number of pyridine rings is 1. The number of aryl methyl sites for hydroxylation is 3. The number of ether oxygens (including phenoxy) is 1. The summed E-state index contributed by atoms with van der Waals surface area (Å²) in [6.07, 6.45) is 0. The minimum absolute atomic E-state index is 0.307. The second-order valence-corrected chi connectivity index (χ2v) is 5.63. The predicted molar refractivity (Wildman–Crippen MR) is 91.7 cm³/mol. The summed E-state index contributed by atoms with van der Waals surface area (Å²) in [6, 6.07) is 10.1. The molecule has 0 unspecified atom stereocenters. The molecule has 0 aliphatic carbocycles. The number of benzene rings is 1. The van der Waals surface area contributed by atoms with E-state index in [1.165, 1.54) is 0 Å². The van der Waals surface area contributed by atoms with Crippen molar-refractivity contribution in [3.63, 3.8) is 0 Å². The lowest BCUT2D eigenvalue weighted by Crippen LogP contribution is -2.10. The summed E-state index contributed by atoms with van der Waals surface area (Å²) in [6.45, 7) is 7.99. The van der Waals surface area contributed by atoms with E-state index in [0.717, 1.165) is 33.4 Å². The van der Waals surface area contributed by atoms with Crippen molar-refractivity contribution in [3.05, 3.63) is 52.8 Å². The highest BCUT2D eigenvalue weighted by molar-refractivity contribution is 6.03. The molecule has 1 aromatic carbocycles. The minimum atomic E-state index is -0.307. The van der Waals surface area contributed by atoms with Gasteiger partial charge in [-0.3, -0.25) is 0 Å². The average molecular weight is 308 g/mol. The van der Waals surface area contributed by atoms with Crippen LogP contribution in [0.4, 0.5) is 0 Å². The Hall–Kier alpha value is -2.62. The smallest absolute Gasteiger partial charge is 0.340 e. The van der Waals surface area contributed by atoms with Crippen LogP contribution in [0, 0.1) is 20.8 Å². The SMILES string of the molecule is CCOC(=O)c1c(C)nc2c(-c3ccccc3)[nH]c(C)c2c1C. The third-order valence-corrected chi connectivity index (χ3v) is 4.09. The summed E-state index contributed by atoms with van der Waals surface area (Å²) in [5.41, 5.74) is 6.17. The molecule has 0 atom stereocenters. The number of H-pyrrole nitrogens is 1. The van der Waals surface area contributed by atoms with Crippen LogP contribution >= 0.6 is 0 Å². The van der Waals surface area contributed by atoms with Crippen molar-refractivity contribution in [2.24, 2.45) is 0 Å². The molecular formula is C19H20N2O2. The fourth-order valence-corrected chi connectivity index (χ4v) is 3.12. The van der Waals surface area contributed by atoms with Crippen molar-refractivity contribution >= 4 is 16.9 Å². The first kappa shape index (κ1) is 15.3. The highest BCUT2D eigenvalue weighted by Gasteiger charge is 2.21. The molecule has 0 radical (unpaired) electrons. The van der Waals surface area contributed by atoms with Crippen molar-refractivity contribution in [1.29, 1.82) is 0 Å². The molecule has 3 aromatic rings. The zero-order valence-electron chi connectivity index (χ0n) is 13.9. The van der Waals surface area contributed by atoms with Gasteiger partial charge in [-0.2, -0.15) is 0 Å². The summed E-state index contributed by atoms with van der Waals surface area (Å²) in [4.78, 5) is 20.4. The van der Waals surface area contributed by atoms with Gasteiger partial charge in [0.2, 0.25) is 0 Å². The van der Waals surface area contributed by atoms with E-state index in [2.05, 4.69) is 17.1 Å². The molecule has 0 spiro atoms. The normalized spacial score (nSPS) is 11.0. The van der Waals surface area contributed by atoms with Crippen LogP contribution in [0.1, 0.15) is 34.2 Å². The monoisotopic (exact) mass is 308 g/mol. The summed E-state index contributed by atoms with van der Waals surface area (Å²) in [7, 11) is 0. The summed E-state index contributed by atoms with van der Waals surface area (Å²) < 4.78 is 5.18. The van der Waals surface area contributed by atoms with Gasteiger partial charge in [-0.05, 0) is 33.3 Å². The van der Waals surface area contributed by atoms with E-state index in [-0.39, 0.29) is 5.97 Å². The van der Waals surface area contributed by atoms with Crippen molar-refractivity contribution < 1.29 is 9.53 Å². The maximum atomic E-state index is 12.2. The van der Waals surface area contributed by atoms with Gasteiger partial charge in [0, 0.05) is 16.6 Å². The standard InChI is InChI=1S/C19H20N2O2/c1-5-23-19(22)16-11(2)15-12(3)20-17(18(15)21-13(16)4)14-9-7-6-8-10-14/h6-10,20H,5H2,1-4H3. The van der Waals surface area contributed by atoms with Gasteiger partial charge in [0.15, 0.2) is 0 Å². The third-order valence-electron chi connectivity index (χ3n) is 4.09. The predicted octanol–water partition coefficient (Wildman–Crippen LogP) is 4.33. The Bertz CT molecular complexity index is 880. The van der Waals surface area contributed by atoms with Crippen molar-refractivity contribution in [3.8, 4) is 11.3 Å². The number of fused-ring (bicyclic) bond motifs is 1. The van der Waals surface area contributed by atoms with Gasteiger partial charge in [0.1, 0.15) is 0 Å². The topological polar surface area (TPSA) is 55.0 Å². The lowest BCUT2D eigenvalue weighted by atomic mass is 10.0.